The molecule has 4 rings (SSSR count). The maximum atomic E-state index is 8.97. The van der Waals surface area contributed by atoms with E-state index in [1.165, 1.54) is 0 Å². The molecule has 5 nitrogen and oxygen atoms in total. The van der Waals surface area contributed by atoms with Gasteiger partial charge in [0.1, 0.15) is 0 Å². The Hall–Kier alpha value is -3.78. The highest BCUT2D eigenvalue weighted by atomic mass is 15.3. The summed E-state index contributed by atoms with van der Waals surface area (Å²) in [7, 11) is 0. The summed E-state index contributed by atoms with van der Waals surface area (Å²) >= 11 is 0. The zero-order chi connectivity index (χ0) is 20.4. The van der Waals surface area contributed by atoms with Crippen molar-refractivity contribution in [3.8, 4) is 23.0 Å². The third kappa shape index (κ3) is 3.53. The average molecular weight is 379 g/mol. The number of rotatable bonds is 4. The number of aryl methyl sites for hydroxylation is 1. The first-order chi connectivity index (χ1) is 14.0. The van der Waals surface area contributed by atoms with Gasteiger partial charge in [0.15, 0.2) is 0 Å². The predicted molar refractivity (Wildman–Crippen MR) is 113 cm³/mol. The van der Waals surface area contributed by atoms with Crippen LogP contribution in [-0.4, -0.2) is 19.7 Å². The van der Waals surface area contributed by atoms with Crippen molar-refractivity contribution in [2.24, 2.45) is 0 Å². The van der Waals surface area contributed by atoms with Gasteiger partial charge in [0, 0.05) is 23.7 Å². The first-order valence-corrected chi connectivity index (χ1v) is 9.45. The molecule has 0 radical (unpaired) electrons. The molecule has 0 saturated heterocycles. The average Bonchev–Trinajstić information content (AvgIpc) is 3.25. The molecule has 0 aliphatic heterocycles. The molecule has 0 amide bonds. The molecule has 0 spiro atoms. The predicted octanol–water partition coefficient (Wildman–Crippen LogP) is 4.84. The largest absolute Gasteiger partial charge is 0.261 e. The minimum Gasteiger partial charge on any atom is -0.261 e. The minimum absolute atomic E-state index is 0.371. The molecule has 0 unspecified atom stereocenters. The van der Waals surface area contributed by atoms with Crippen molar-refractivity contribution in [1.82, 2.24) is 19.7 Å². The summed E-state index contributed by atoms with van der Waals surface area (Å²) in [6.45, 7) is 6.25. The van der Waals surface area contributed by atoms with Gasteiger partial charge in [-0.3, -0.25) is 9.97 Å². The van der Waals surface area contributed by atoms with E-state index in [-0.39, 0.29) is 5.41 Å². The van der Waals surface area contributed by atoms with Crippen LogP contribution in [0.25, 0.3) is 16.9 Å². The smallest absolute Gasteiger partial charge is 0.0991 e. The molecule has 142 valence electrons. The number of aromatic nitrogens is 4. The second kappa shape index (κ2) is 7.33. The van der Waals surface area contributed by atoms with Gasteiger partial charge in [0.25, 0.3) is 0 Å². The highest BCUT2D eigenvalue weighted by molar-refractivity contribution is 5.61. The Morgan fingerprint density at radius 3 is 2.45 bits per heavy atom. The summed E-state index contributed by atoms with van der Waals surface area (Å²) in [5, 5.41) is 13.8. The van der Waals surface area contributed by atoms with Crippen LogP contribution in [0.5, 0.6) is 0 Å². The zero-order valence-electron chi connectivity index (χ0n) is 16.7. The standard InChI is InChI=1S/C24H21N5/c1-17-20(6-5-14-26-17)21-7-4-8-22(27-21)24(2,3)23-13-15-29(28-23)19-11-9-18(16-25)10-12-19/h4-15H,1-3H3. The number of nitrogens with zero attached hydrogens (tertiary/aromatic N) is 5. The third-order valence-electron chi connectivity index (χ3n) is 5.16. The maximum Gasteiger partial charge on any atom is 0.0991 e. The van der Waals surface area contributed by atoms with Crippen LogP contribution in [0, 0.1) is 18.3 Å². The SMILES string of the molecule is Cc1ncccc1-c1cccc(C(C)(C)c2ccn(-c3ccc(C#N)cc3)n2)n1. The van der Waals surface area contributed by atoms with Crippen LogP contribution < -0.4 is 0 Å². The highest BCUT2D eigenvalue weighted by Crippen LogP contribution is 2.31. The summed E-state index contributed by atoms with van der Waals surface area (Å²) in [6, 6.07) is 21.6. The summed E-state index contributed by atoms with van der Waals surface area (Å²) in [4.78, 5) is 9.31. The van der Waals surface area contributed by atoms with Crippen LogP contribution in [0.1, 0.15) is 36.5 Å². The molecule has 0 atom stereocenters. The van der Waals surface area contributed by atoms with Gasteiger partial charge in [-0.15, -0.1) is 0 Å². The second-order valence-corrected chi connectivity index (χ2v) is 7.47. The molecule has 5 heteroatoms. The number of nitriles is 1. The van der Waals surface area contributed by atoms with E-state index in [2.05, 4.69) is 24.9 Å². The van der Waals surface area contributed by atoms with Crippen molar-refractivity contribution < 1.29 is 0 Å². The number of benzene rings is 1. The molecular weight excluding hydrogens is 358 g/mol. The molecule has 0 aliphatic carbocycles. The van der Waals surface area contributed by atoms with Gasteiger partial charge < -0.3 is 0 Å². The molecule has 0 N–H and O–H groups in total. The molecular formula is C24H21N5. The zero-order valence-corrected chi connectivity index (χ0v) is 16.7. The Morgan fingerprint density at radius 1 is 0.931 bits per heavy atom. The Balaban J connectivity index is 1.69. The van der Waals surface area contributed by atoms with Crippen molar-refractivity contribution in [3.63, 3.8) is 0 Å². The van der Waals surface area contributed by atoms with Crippen LogP contribution in [0.15, 0.2) is 73.1 Å². The molecule has 0 aliphatic rings. The fourth-order valence-electron chi connectivity index (χ4n) is 3.31. The van der Waals surface area contributed by atoms with E-state index < -0.39 is 0 Å². The number of hydrogen-bond donors (Lipinski definition) is 0. The topological polar surface area (TPSA) is 67.4 Å². The van der Waals surface area contributed by atoms with E-state index in [0.29, 0.717) is 5.56 Å². The molecule has 0 saturated carbocycles. The van der Waals surface area contributed by atoms with Gasteiger partial charge in [-0.05, 0) is 75.4 Å². The van der Waals surface area contributed by atoms with Crippen molar-refractivity contribution >= 4 is 0 Å². The van der Waals surface area contributed by atoms with Gasteiger partial charge in [-0.1, -0.05) is 6.07 Å². The quantitative estimate of drug-likeness (QED) is 0.509. The first-order valence-electron chi connectivity index (χ1n) is 9.45. The fourth-order valence-corrected chi connectivity index (χ4v) is 3.31. The van der Waals surface area contributed by atoms with E-state index in [1.807, 2.05) is 66.3 Å². The summed E-state index contributed by atoms with van der Waals surface area (Å²) in [5.74, 6) is 0. The Labute approximate surface area is 170 Å². The fraction of sp³-hybridized carbons (Fsp3) is 0.167. The van der Waals surface area contributed by atoms with Crippen molar-refractivity contribution in [3.05, 3.63) is 95.7 Å². The lowest BCUT2D eigenvalue weighted by Gasteiger charge is -2.22. The molecule has 0 fully saturated rings. The first kappa shape index (κ1) is 18.6. The maximum absolute atomic E-state index is 8.97. The Morgan fingerprint density at radius 2 is 1.72 bits per heavy atom. The monoisotopic (exact) mass is 379 g/mol. The van der Waals surface area contributed by atoms with Gasteiger partial charge >= 0.3 is 0 Å². The van der Waals surface area contributed by atoms with Gasteiger partial charge in [0.05, 0.1) is 39.8 Å². The van der Waals surface area contributed by atoms with Gasteiger partial charge in [-0.25, -0.2) is 4.68 Å². The van der Waals surface area contributed by atoms with E-state index in [1.54, 1.807) is 18.3 Å². The molecule has 29 heavy (non-hydrogen) atoms. The van der Waals surface area contributed by atoms with E-state index in [4.69, 9.17) is 15.3 Å². The molecule has 1 aromatic carbocycles. The Bertz CT molecular complexity index is 1200. The molecule has 3 heterocycles. The minimum atomic E-state index is -0.371. The van der Waals surface area contributed by atoms with E-state index >= 15 is 0 Å². The van der Waals surface area contributed by atoms with E-state index in [9.17, 15) is 0 Å². The van der Waals surface area contributed by atoms with Gasteiger partial charge in [0.2, 0.25) is 0 Å². The lowest BCUT2D eigenvalue weighted by atomic mass is 9.85. The molecule has 0 bridgehead atoms. The second-order valence-electron chi connectivity index (χ2n) is 7.47. The highest BCUT2D eigenvalue weighted by Gasteiger charge is 2.28. The van der Waals surface area contributed by atoms with Crippen LogP contribution >= 0.6 is 0 Å². The van der Waals surface area contributed by atoms with Crippen molar-refractivity contribution in [2.75, 3.05) is 0 Å². The van der Waals surface area contributed by atoms with Gasteiger partial charge in [-0.2, -0.15) is 10.4 Å². The van der Waals surface area contributed by atoms with E-state index in [0.717, 1.165) is 34.0 Å². The lowest BCUT2D eigenvalue weighted by molar-refractivity contribution is 0.586. The molecule has 4 aromatic rings. The summed E-state index contributed by atoms with van der Waals surface area (Å²) in [5.41, 5.74) is 5.95. The normalized spacial score (nSPS) is 11.2. The van der Waals surface area contributed by atoms with Crippen molar-refractivity contribution in [2.45, 2.75) is 26.2 Å². The van der Waals surface area contributed by atoms with Crippen molar-refractivity contribution in [1.29, 1.82) is 5.26 Å². The summed E-state index contributed by atoms with van der Waals surface area (Å²) in [6.07, 6.45) is 3.73. The molecule has 3 aromatic heterocycles. The third-order valence-corrected chi connectivity index (χ3v) is 5.16. The number of pyridine rings is 2. The summed E-state index contributed by atoms with van der Waals surface area (Å²) < 4.78 is 1.83. The number of hydrogen-bond acceptors (Lipinski definition) is 4. The van der Waals surface area contributed by atoms with Crippen LogP contribution in [0.2, 0.25) is 0 Å². The lowest BCUT2D eigenvalue weighted by Crippen LogP contribution is -2.22. The van der Waals surface area contributed by atoms with Crippen LogP contribution in [0.3, 0.4) is 0 Å². The Kier molecular flexibility index (Phi) is 4.69. The van der Waals surface area contributed by atoms with Crippen LogP contribution in [-0.2, 0) is 5.41 Å². The van der Waals surface area contributed by atoms with Crippen LogP contribution in [0.4, 0.5) is 0 Å².